The first-order chi connectivity index (χ1) is 9.19. The highest BCUT2D eigenvalue weighted by atomic mass is 32.2. The summed E-state index contributed by atoms with van der Waals surface area (Å²) in [5, 5.41) is 0.665. The van der Waals surface area contributed by atoms with Crippen LogP contribution in [0.3, 0.4) is 0 Å². The highest BCUT2D eigenvalue weighted by Gasteiger charge is 2.20. The summed E-state index contributed by atoms with van der Waals surface area (Å²) in [7, 11) is 1.63. The zero-order valence-electron chi connectivity index (χ0n) is 11.7. The minimum atomic E-state index is 0.210. The molecule has 2 nitrogen and oxygen atoms in total. The second-order valence-corrected chi connectivity index (χ2v) is 6.65. The van der Waals surface area contributed by atoms with Gasteiger partial charge in [-0.2, -0.15) is 11.8 Å². The first kappa shape index (κ1) is 14.4. The summed E-state index contributed by atoms with van der Waals surface area (Å²) in [6, 6.07) is 7.44. The summed E-state index contributed by atoms with van der Waals surface area (Å²) in [5.74, 6) is 2.37. The molecule has 104 valence electrons. The molecular formula is C16H22O2S. The van der Waals surface area contributed by atoms with Gasteiger partial charge in [0.1, 0.15) is 5.75 Å². The molecule has 1 aromatic carbocycles. The van der Waals surface area contributed by atoms with Crippen LogP contribution in [0.5, 0.6) is 5.75 Å². The summed E-state index contributed by atoms with van der Waals surface area (Å²) < 4.78 is 5.15. The van der Waals surface area contributed by atoms with Gasteiger partial charge in [-0.15, -0.1) is 0 Å². The number of rotatable bonds is 5. The molecule has 0 saturated heterocycles. The second-order valence-electron chi connectivity index (χ2n) is 5.36. The molecule has 1 fully saturated rings. The Kier molecular flexibility index (Phi) is 5.32. The Labute approximate surface area is 119 Å². The molecule has 2 atom stereocenters. The van der Waals surface area contributed by atoms with Crippen LogP contribution in [0.2, 0.25) is 0 Å². The average Bonchev–Trinajstić information content (AvgIpc) is 2.45. The van der Waals surface area contributed by atoms with Crippen LogP contribution in [0, 0.1) is 5.92 Å². The van der Waals surface area contributed by atoms with E-state index in [9.17, 15) is 4.79 Å². The monoisotopic (exact) mass is 278 g/mol. The van der Waals surface area contributed by atoms with Crippen LogP contribution in [0.1, 0.15) is 43.0 Å². The molecular weight excluding hydrogens is 256 g/mol. The topological polar surface area (TPSA) is 26.3 Å². The van der Waals surface area contributed by atoms with Gasteiger partial charge in [0.15, 0.2) is 5.78 Å². The molecule has 19 heavy (non-hydrogen) atoms. The lowest BCUT2D eigenvalue weighted by atomic mass is 9.91. The summed E-state index contributed by atoms with van der Waals surface area (Å²) in [5.41, 5.74) is 0.760. The van der Waals surface area contributed by atoms with E-state index in [0.717, 1.165) is 17.2 Å². The predicted molar refractivity (Wildman–Crippen MR) is 81.2 cm³/mol. The Morgan fingerprint density at radius 1 is 1.42 bits per heavy atom. The lowest BCUT2D eigenvalue weighted by molar-refractivity contribution is 0.102. The first-order valence-electron chi connectivity index (χ1n) is 6.98. The molecule has 0 N–H and O–H groups in total. The first-order valence-corrected chi connectivity index (χ1v) is 8.02. The summed E-state index contributed by atoms with van der Waals surface area (Å²) in [4.78, 5) is 12.2. The third-order valence-electron chi connectivity index (χ3n) is 3.73. The zero-order chi connectivity index (χ0) is 13.7. The van der Waals surface area contributed by atoms with E-state index in [4.69, 9.17) is 4.74 Å². The molecule has 1 aliphatic carbocycles. The van der Waals surface area contributed by atoms with Gasteiger partial charge in [0.25, 0.3) is 0 Å². The van der Waals surface area contributed by atoms with Crippen LogP contribution in [-0.4, -0.2) is 23.9 Å². The van der Waals surface area contributed by atoms with Crippen molar-refractivity contribution in [3.05, 3.63) is 29.8 Å². The third-order valence-corrected chi connectivity index (χ3v) is 5.06. The molecule has 0 bridgehead atoms. The molecule has 0 radical (unpaired) electrons. The average molecular weight is 278 g/mol. The molecule has 2 rings (SSSR count). The van der Waals surface area contributed by atoms with Crippen molar-refractivity contribution in [2.45, 2.75) is 37.9 Å². The largest absolute Gasteiger partial charge is 0.497 e. The molecule has 0 spiro atoms. The van der Waals surface area contributed by atoms with Crippen LogP contribution in [0.4, 0.5) is 0 Å². The minimum absolute atomic E-state index is 0.210. The molecule has 0 heterocycles. The molecule has 1 saturated carbocycles. The second kappa shape index (κ2) is 6.99. The van der Waals surface area contributed by atoms with E-state index in [-0.39, 0.29) is 5.78 Å². The summed E-state index contributed by atoms with van der Waals surface area (Å²) in [6.07, 6.45) is 5.18. The van der Waals surface area contributed by atoms with Crippen molar-refractivity contribution in [2.75, 3.05) is 12.9 Å². The van der Waals surface area contributed by atoms with E-state index in [1.165, 1.54) is 25.7 Å². The summed E-state index contributed by atoms with van der Waals surface area (Å²) >= 11 is 1.83. The van der Waals surface area contributed by atoms with Gasteiger partial charge in [0.2, 0.25) is 0 Å². The predicted octanol–water partition coefficient (Wildman–Crippen LogP) is 4.19. The van der Waals surface area contributed by atoms with Gasteiger partial charge in [-0.25, -0.2) is 0 Å². The van der Waals surface area contributed by atoms with E-state index in [1.54, 1.807) is 7.11 Å². The van der Waals surface area contributed by atoms with Crippen molar-refractivity contribution in [3.63, 3.8) is 0 Å². The van der Waals surface area contributed by atoms with E-state index < -0.39 is 0 Å². The van der Waals surface area contributed by atoms with Crippen LogP contribution >= 0.6 is 11.8 Å². The number of ketones is 1. The maximum absolute atomic E-state index is 12.2. The Morgan fingerprint density at radius 2 is 2.26 bits per heavy atom. The van der Waals surface area contributed by atoms with Crippen LogP contribution < -0.4 is 4.74 Å². The zero-order valence-corrected chi connectivity index (χ0v) is 12.5. The Hall–Kier alpha value is -0.960. The number of benzene rings is 1. The minimum Gasteiger partial charge on any atom is -0.497 e. The van der Waals surface area contributed by atoms with Crippen molar-refractivity contribution in [2.24, 2.45) is 5.92 Å². The number of ether oxygens (including phenoxy) is 1. The highest BCUT2D eigenvalue weighted by Crippen LogP contribution is 2.32. The SMILES string of the molecule is COc1cccc(C(=O)CSC2CCCC(C)C2)c1. The fraction of sp³-hybridized carbons (Fsp3) is 0.562. The van der Waals surface area contributed by atoms with E-state index in [0.29, 0.717) is 11.0 Å². The van der Waals surface area contributed by atoms with Crippen molar-refractivity contribution in [3.8, 4) is 5.75 Å². The molecule has 0 aromatic heterocycles. The molecule has 1 aromatic rings. The number of carbonyl (C=O) groups is 1. The molecule has 0 amide bonds. The van der Waals surface area contributed by atoms with Gasteiger partial charge in [0, 0.05) is 10.8 Å². The summed E-state index contributed by atoms with van der Waals surface area (Å²) in [6.45, 7) is 2.32. The standard InChI is InChI=1S/C16H22O2S/c1-12-5-3-8-15(9-12)19-11-16(17)13-6-4-7-14(10-13)18-2/h4,6-7,10,12,15H,3,5,8-9,11H2,1-2H3. The number of Topliss-reactive ketones (excluding diaryl/α,β-unsaturated/α-hetero) is 1. The fourth-order valence-electron chi connectivity index (χ4n) is 2.60. The van der Waals surface area contributed by atoms with Gasteiger partial charge in [0.05, 0.1) is 12.9 Å². The maximum atomic E-state index is 12.2. The maximum Gasteiger partial charge on any atom is 0.172 e. The fourth-order valence-corrected chi connectivity index (χ4v) is 3.95. The Bertz CT molecular complexity index is 431. The Morgan fingerprint density at radius 3 is 3.00 bits per heavy atom. The van der Waals surface area contributed by atoms with Crippen LogP contribution in [0.25, 0.3) is 0 Å². The number of hydrogen-bond donors (Lipinski definition) is 0. The van der Waals surface area contributed by atoms with Gasteiger partial charge in [-0.3, -0.25) is 4.79 Å². The van der Waals surface area contributed by atoms with E-state index in [2.05, 4.69) is 6.92 Å². The number of carbonyl (C=O) groups excluding carboxylic acids is 1. The number of hydrogen-bond acceptors (Lipinski definition) is 3. The third kappa shape index (κ3) is 4.27. The lowest BCUT2D eigenvalue weighted by Crippen LogP contribution is -2.17. The van der Waals surface area contributed by atoms with Gasteiger partial charge in [-0.1, -0.05) is 31.9 Å². The van der Waals surface area contributed by atoms with Crippen LogP contribution in [-0.2, 0) is 0 Å². The van der Waals surface area contributed by atoms with E-state index >= 15 is 0 Å². The molecule has 2 unspecified atom stereocenters. The quantitative estimate of drug-likeness (QED) is 0.755. The van der Waals surface area contributed by atoms with Crippen molar-refractivity contribution < 1.29 is 9.53 Å². The van der Waals surface area contributed by atoms with E-state index in [1.807, 2.05) is 36.0 Å². The molecule has 0 aliphatic heterocycles. The number of methoxy groups -OCH3 is 1. The number of thioether (sulfide) groups is 1. The molecule has 1 aliphatic rings. The van der Waals surface area contributed by atoms with Gasteiger partial charge in [-0.05, 0) is 30.9 Å². The Balaban J connectivity index is 1.86. The molecule has 3 heteroatoms. The van der Waals surface area contributed by atoms with Crippen molar-refractivity contribution in [1.82, 2.24) is 0 Å². The lowest BCUT2D eigenvalue weighted by Gasteiger charge is -2.25. The smallest absolute Gasteiger partial charge is 0.172 e. The van der Waals surface area contributed by atoms with Gasteiger partial charge < -0.3 is 4.74 Å². The normalized spacial score (nSPS) is 23.1. The van der Waals surface area contributed by atoms with Gasteiger partial charge >= 0.3 is 0 Å². The van der Waals surface area contributed by atoms with Crippen molar-refractivity contribution >= 4 is 17.5 Å². The van der Waals surface area contributed by atoms with Crippen LogP contribution in [0.15, 0.2) is 24.3 Å². The highest BCUT2D eigenvalue weighted by molar-refractivity contribution is 8.00. The van der Waals surface area contributed by atoms with Crippen molar-refractivity contribution in [1.29, 1.82) is 0 Å².